The topological polar surface area (TPSA) is 84.7 Å². The molecule has 3 aromatic rings. The minimum absolute atomic E-state index is 0.0553. The van der Waals surface area contributed by atoms with Gasteiger partial charge in [-0.05, 0) is 67.6 Å². The Labute approximate surface area is 209 Å². The highest BCUT2D eigenvalue weighted by molar-refractivity contribution is 6.05. The highest BCUT2D eigenvalue weighted by atomic mass is 19.1. The van der Waals surface area contributed by atoms with Gasteiger partial charge in [-0.25, -0.2) is 8.78 Å². The second-order valence-electron chi connectivity index (χ2n) is 9.00. The number of amides is 2. The van der Waals surface area contributed by atoms with E-state index in [0.29, 0.717) is 35.4 Å². The number of carbonyl (C=O) groups is 2. The van der Waals surface area contributed by atoms with Crippen LogP contribution in [0.15, 0.2) is 66.7 Å². The van der Waals surface area contributed by atoms with Gasteiger partial charge < -0.3 is 20.7 Å². The first-order valence-corrected chi connectivity index (χ1v) is 11.9. The number of ether oxygens (including phenoxy) is 1. The number of benzene rings is 3. The van der Waals surface area contributed by atoms with Crippen LogP contribution in [0.25, 0.3) is 0 Å². The van der Waals surface area contributed by atoms with Gasteiger partial charge in [0.25, 0.3) is 11.8 Å². The standard InChI is InChI=1S/C28H29F2N3O3/c1-36-25-7-4-6-18(15-25)27(34)32-26-8-3-2-5-19(26)17-33(24-11-9-23(31)10-12-24)28(35)20-13-21(29)16-22(30)14-20/h2-8,13-16,23-24H,9-12,17,31H2,1H3,(H,32,34). The van der Waals surface area contributed by atoms with Crippen molar-refractivity contribution in [3.63, 3.8) is 0 Å². The maximum Gasteiger partial charge on any atom is 0.255 e. The summed E-state index contributed by atoms with van der Waals surface area (Å²) in [6, 6.07) is 16.7. The molecule has 0 unspecified atom stereocenters. The number of nitrogens with two attached hydrogens (primary N) is 1. The summed E-state index contributed by atoms with van der Waals surface area (Å²) < 4.78 is 33.0. The molecule has 0 spiro atoms. The first-order valence-electron chi connectivity index (χ1n) is 11.9. The quantitative estimate of drug-likeness (QED) is 0.478. The fraction of sp³-hybridized carbons (Fsp3) is 0.286. The van der Waals surface area contributed by atoms with E-state index in [9.17, 15) is 18.4 Å². The van der Waals surface area contributed by atoms with E-state index in [4.69, 9.17) is 10.5 Å². The molecule has 3 N–H and O–H groups in total. The van der Waals surface area contributed by atoms with Crippen molar-refractivity contribution in [1.29, 1.82) is 0 Å². The number of nitrogens with zero attached hydrogens (tertiary/aromatic N) is 1. The third kappa shape index (κ3) is 6.07. The molecular formula is C28H29F2N3O3. The lowest BCUT2D eigenvalue weighted by Gasteiger charge is -2.36. The third-order valence-corrected chi connectivity index (χ3v) is 6.49. The average Bonchev–Trinajstić information content (AvgIpc) is 2.88. The summed E-state index contributed by atoms with van der Waals surface area (Å²) in [6.45, 7) is 0.158. The number of halogens is 2. The van der Waals surface area contributed by atoms with Crippen molar-refractivity contribution in [2.24, 2.45) is 5.73 Å². The van der Waals surface area contributed by atoms with E-state index in [2.05, 4.69) is 5.32 Å². The zero-order valence-corrected chi connectivity index (χ0v) is 20.0. The molecule has 1 saturated carbocycles. The Morgan fingerprint density at radius 2 is 1.64 bits per heavy atom. The van der Waals surface area contributed by atoms with Crippen molar-refractivity contribution in [2.75, 3.05) is 12.4 Å². The molecule has 188 valence electrons. The maximum absolute atomic E-state index is 13.9. The van der Waals surface area contributed by atoms with Gasteiger partial charge in [-0.3, -0.25) is 9.59 Å². The monoisotopic (exact) mass is 493 g/mol. The summed E-state index contributed by atoms with van der Waals surface area (Å²) >= 11 is 0. The minimum atomic E-state index is -0.810. The third-order valence-electron chi connectivity index (χ3n) is 6.49. The van der Waals surface area contributed by atoms with Gasteiger partial charge in [0.15, 0.2) is 0 Å². The molecule has 2 amide bonds. The summed E-state index contributed by atoms with van der Waals surface area (Å²) in [5.41, 5.74) is 7.69. The molecule has 0 atom stereocenters. The fourth-order valence-corrected chi connectivity index (χ4v) is 4.55. The number of para-hydroxylation sites is 1. The average molecular weight is 494 g/mol. The van der Waals surface area contributed by atoms with Crippen molar-refractivity contribution in [1.82, 2.24) is 4.90 Å². The van der Waals surface area contributed by atoms with Gasteiger partial charge in [-0.2, -0.15) is 0 Å². The second-order valence-corrected chi connectivity index (χ2v) is 9.00. The van der Waals surface area contributed by atoms with Crippen LogP contribution in [0, 0.1) is 11.6 Å². The summed E-state index contributed by atoms with van der Waals surface area (Å²) in [4.78, 5) is 28.1. The molecule has 0 aliphatic heterocycles. The van der Waals surface area contributed by atoms with Gasteiger partial charge in [0.1, 0.15) is 17.4 Å². The summed E-state index contributed by atoms with van der Waals surface area (Å²) in [7, 11) is 1.53. The Morgan fingerprint density at radius 3 is 2.33 bits per heavy atom. The van der Waals surface area contributed by atoms with Crippen molar-refractivity contribution < 1.29 is 23.1 Å². The SMILES string of the molecule is COc1cccc(C(=O)Nc2ccccc2CN(C(=O)c2cc(F)cc(F)c2)C2CCC(N)CC2)c1. The Kier molecular flexibility index (Phi) is 7.95. The molecular weight excluding hydrogens is 464 g/mol. The number of hydrogen-bond donors (Lipinski definition) is 2. The van der Waals surface area contributed by atoms with E-state index in [1.807, 2.05) is 12.1 Å². The van der Waals surface area contributed by atoms with Crippen LogP contribution in [0.2, 0.25) is 0 Å². The molecule has 36 heavy (non-hydrogen) atoms. The molecule has 3 aromatic carbocycles. The minimum Gasteiger partial charge on any atom is -0.497 e. The Morgan fingerprint density at radius 1 is 0.944 bits per heavy atom. The van der Waals surface area contributed by atoms with Crippen molar-refractivity contribution in [3.05, 3.63) is 95.1 Å². The molecule has 0 saturated heterocycles. The molecule has 0 bridgehead atoms. The van der Waals surface area contributed by atoms with Gasteiger partial charge >= 0.3 is 0 Å². The molecule has 0 radical (unpaired) electrons. The van der Waals surface area contributed by atoms with Crippen molar-refractivity contribution in [2.45, 2.75) is 44.3 Å². The van der Waals surface area contributed by atoms with Gasteiger partial charge in [0, 0.05) is 41.5 Å². The fourth-order valence-electron chi connectivity index (χ4n) is 4.55. The van der Waals surface area contributed by atoms with E-state index in [0.717, 1.165) is 31.0 Å². The lowest BCUT2D eigenvalue weighted by Crippen LogP contribution is -2.44. The second kappa shape index (κ2) is 11.3. The van der Waals surface area contributed by atoms with E-state index >= 15 is 0 Å². The summed E-state index contributed by atoms with van der Waals surface area (Å²) in [5, 5.41) is 2.92. The lowest BCUT2D eigenvalue weighted by atomic mass is 9.90. The summed E-state index contributed by atoms with van der Waals surface area (Å²) in [6.07, 6.45) is 2.87. The summed E-state index contributed by atoms with van der Waals surface area (Å²) in [5.74, 6) is -1.85. The molecule has 6 nitrogen and oxygen atoms in total. The van der Waals surface area contributed by atoms with Crippen LogP contribution in [0.1, 0.15) is 52.0 Å². The highest BCUT2D eigenvalue weighted by Crippen LogP contribution is 2.28. The van der Waals surface area contributed by atoms with E-state index < -0.39 is 17.5 Å². The first-order chi connectivity index (χ1) is 17.3. The van der Waals surface area contributed by atoms with Crippen molar-refractivity contribution in [3.8, 4) is 5.75 Å². The number of anilines is 1. The first kappa shape index (κ1) is 25.3. The van der Waals surface area contributed by atoms with Crippen LogP contribution in [0.5, 0.6) is 5.75 Å². The van der Waals surface area contributed by atoms with Gasteiger partial charge in [0.2, 0.25) is 0 Å². The number of methoxy groups -OCH3 is 1. The molecule has 4 rings (SSSR count). The van der Waals surface area contributed by atoms with Crippen LogP contribution in [0.4, 0.5) is 14.5 Å². The predicted molar refractivity (Wildman–Crippen MR) is 134 cm³/mol. The van der Waals surface area contributed by atoms with Crippen LogP contribution in [0.3, 0.4) is 0 Å². The molecule has 1 aliphatic rings. The normalized spacial score (nSPS) is 17.3. The Hall–Kier alpha value is -3.78. The maximum atomic E-state index is 13.9. The zero-order chi connectivity index (χ0) is 25.7. The number of rotatable bonds is 7. The molecule has 0 aromatic heterocycles. The van der Waals surface area contributed by atoms with Crippen LogP contribution < -0.4 is 15.8 Å². The van der Waals surface area contributed by atoms with E-state index in [1.165, 1.54) is 7.11 Å². The van der Waals surface area contributed by atoms with E-state index in [-0.39, 0.29) is 30.1 Å². The lowest BCUT2D eigenvalue weighted by molar-refractivity contribution is 0.0606. The van der Waals surface area contributed by atoms with Crippen LogP contribution in [-0.2, 0) is 6.54 Å². The van der Waals surface area contributed by atoms with Gasteiger partial charge in [-0.1, -0.05) is 24.3 Å². The molecule has 1 aliphatic carbocycles. The van der Waals surface area contributed by atoms with Crippen LogP contribution in [-0.4, -0.2) is 35.9 Å². The Bertz CT molecular complexity index is 1220. The number of nitrogens with one attached hydrogen (secondary N) is 1. The number of carbonyl (C=O) groups excluding carboxylic acids is 2. The predicted octanol–water partition coefficient (Wildman–Crippen LogP) is 5.14. The van der Waals surface area contributed by atoms with Crippen LogP contribution >= 0.6 is 0 Å². The van der Waals surface area contributed by atoms with Crippen molar-refractivity contribution >= 4 is 17.5 Å². The van der Waals surface area contributed by atoms with Gasteiger partial charge in [-0.15, -0.1) is 0 Å². The molecule has 1 fully saturated rings. The highest BCUT2D eigenvalue weighted by Gasteiger charge is 2.29. The molecule has 0 heterocycles. The Balaban J connectivity index is 1.62. The molecule has 8 heteroatoms. The number of hydrogen-bond acceptors (Lipinski definition) is 4. The zero-order valence-electron chi connectivity index (χ0n) is 20.0. The largest absolute Gasteiger partial charge is 0.497 e. The van der Waals surface area contributed by atoms with E-state index in [1.54, 1.807) is 41.3 Å². The van der Waals surface area contributed by atoms with Gasteiger partial charge in [0.05, 0.1) is 7.11 Å². The smallest absolute Gasteiger partial charge is 0.255 e.